The Morgan fingerprint density at radius 3 is 2.12 bits per heavy atom. The summed E-state index contributed by atoms with van der Waals surface area (Å²) in [6.07, 6.45) is 1.83. The van der Waals surface area contributed by atoms with E-state index in [0.717, 1.165) is 3.87 Å². The van der Waals surface area contributed by atoms with Crippen LogP contribution in [-0.2, 0) is 0 Å². The fourth-order valence-corrected chi connectivity index (χ4v) is 1.44. The molecule has 0 aromatic rings. The summed E-state index contributed by atoms with van der Waals surface area (Å²) in [5.74, 6) is 0. The molecule has 8 heavy (non-hydrogen) atoms. The molecular formula is C4H11NOS2. The van der Waals surface area contributed by atoms with E-state index >= 15 is 0 Å². The van der Waals surface area contributed by atoms with Crippen molar-refractivity contribution in [2.75, 3.05) is 6.26 Å². The fourth-order valence-electron chi connectivity index (χ4n) is 0.223. The van der Waals surface area contributed by atoms with Crippen molar-refractivity contribution in [1.82, 2.24) is 3.87 Å². The molecule has 0 aliphatic carbocycles. The Morgan fingerprint density at radius 2 is 2.00 bits per heavy atom. The zero-order valence-electron chi connectivity index (χ0n) is 5.29. The molecule has 4 heteroatoms. The van der Waals surface area contributed by atoms with E-state index in [1.54, 1.807) is 0 Å². The number of nitrogens with zero attached hydrogens (tertiary/aromatic N) is 1. The van der Waals surface area contributed by atoms with Crippen LogP contribution in [0.4, 0.5) is 0 Å². The van der Waals surface area contributed by atoms with Crippen LogP contribution in [0.25, 0.3) is 0 Å². The van der Waals surface area contributed by atoms with Gasteiger partial charge in [0, 0.05) is 5.25 Å². The van der Waals surface area contributed by atoms with Crippen LogP contribution in [0.2, 0.25) is 0 Å². The molecule has 0 radical (unpaired) electrons. The number of hydrogen-bond donors (Lipinski definition) is 1. The van der Waals surface area contributed by atoms with Crippen LogP contribution in [0.15, 0.2) is 0 Å². The zero-order chi connectivity index (χ0) is 6.57. The molecule has 0 heterocycles. The lowest BCUT2D eigenvalue weighted by atomic mass is 10.6. The zero-order valence-corrected chi connectivity index (χ0v) is 6.92. The van der Waals surface area contributed by atoms with E-state index in [-0.39, 0.29) is 0 Å². The van der Waals surface area contributed by atoms with Gasteiger partial charge in [-0.15, -0.1) is 0 Å². The summed E-state index contributed by atoms with van der Waals surface area (Å²) in [5.41, 5.74) is 0. The van der Waals surface area contributed by atoms with Gasteiger partial charge in [0.1, 0.15) is 0 Å². The molecule has 0 unspecified atom stereocenters. The highest BCUT2D eigenvalue weighted by Gasteiger charge is 2.00. The molecular weight excluding hydrogens is 142 g/mol. The van der Waals surface area contributed by atoms with E-state index in [1.807, 2.05) is 20.1 Å². The molecule has 0 fully saturated rings. The largest absolute Gasteiger partial charge is 0.293 e. The fraction of sp³-hybridized carbons (Fsp3) is 1.00. The minimum Gasteiger partial charge on any atom is -0.293 e. The first-order valence-electron chi connectivity index (χ1n) is 2.36. The molecule has 0 atom stereocenters. The molecule has 2 nitrogen and oxygen atoms in total. The second-order valence-corrected chi connectivity index (χ2v) is 4.02. The standard InChI is InChI=1S/C4H11NOS2/c1-4(2)8-5(6)7-3/h4,6H,1-3H3. The highest BCUT2D eigenvalue weighted by molar-refractivity contribution is 8.11. The molecule has 0 aliphatic heterocycles. The number of hydrogen-bond acceptors (Lipinski definition) is 4. The van der Waals surface area contributed by atoms with E-state index in [2.05, 4.69) is 0 Å². The molecule has 0 saturated carbocycles. The van der Waals surface area contributed by atoms with E-state index in [0.29, 0.717) is 5.25 Å². The smallest absolute Gasteiger partial charge is 0.0170 e. The Balaban J connectivity index is 3.10. The topological polar surface area (TPSA) is 23.5 Å². The van der Waals surface area contributed by atoms with Gasteiger partial charge in [0.05, 0.1) is 0 Å². The van der Waals surface area contributed by atoms with E-state index in [4.69, 9.17) is 5.21 Å². The highest BCUT2D eigenvalue weighted by atomic mass is 32.2. The molecule has 1 N–H and O–H groups in total. The third-order valence-corrected chi connectivity index (χ3v) is 2.08. The normalized spacial score (nSPS) is 11.2. The summed E-state index contributed by atoms with van der Waals surface area (Å²) in [6, 6.07) is 0. The first-order chi connectivity index (χ1) is 3.66. The van der Waals surface area contributed by atoms with Crippen molar-refractivity contribution < 1.29 is 5.21 Å². The SMILES string of the molecule is CSN(O)SC(C)C. The van der Waals surface area contributed by atoms with E-state index in [1.165, 1.54) is 23.9 Å². The molecule has 0 aromatic heterocycles. The summed E-state index contributed by atoms with van der Waals surface area (Å²) in [7, 11) is 0. The maximum Gasteiger partial charge on any atom is 0.0170 e. The lowest BCUT2D eigenvalue weighted by Gasteiger charge is -2.10. The number of rotatable bonds is 3. The average molecular weight is 153 g/mol. The Labute approximate surface area is 58.9 Å². The first-order valence-corrected chi connectivity index (χ1v) is 4.38. The first kappa shape index (κ1) is 8.62. The Bertz CT molecular complexity index is 60.0. The van der Waals surface area contributed by atoms with Gasteiger partial charge in [-0.2, -0.15) is 0 Å². The molecule has 0 spiro atoms. The Hall–Kier alpha value is 0.620. The van der Waals surface area contributed by atoms with Crippen LogP contribution in [0.1, 0.15) is 13.8 Å². The van der Waals surface area contributed by atoms with Crippen molar-refractivity contribution in [3.8, 4) is 0 Å². The highest BCUT2D eigenvalue weighted by Crippen LogP contribution is 2.19. The van der Waals surface area contributed by atoms with Crippen LogP contribution in [0, 0.1) is 0 Å². The van der Waals surface area contributed by atoms with Gasteiger partial charge in [0.25, 0.3) is 0 Å². The van der Waals surface area contributed by atoms with Crippen LogP contribution in [-0.4, -0.2) is 20.6 Å². The third-order valence-electron chi connectivity index (χ3n) is 0.457. The Morgan fingerprint density at radius 1 is 1.50 bits per heavy atom. The van der Waals surface area contributed by atoms with Gasteiger partial charge in [-0.1, -0.05) is 17.7 Å². The third kappa shape index (κ3) is 4.77. The average Bonchev–Trinajstić information content (AvgIpc) is 1.65. The maximum atomic E-state index is 8.79. The summed E-state index contributed by atoms with van der Waals surface area (Å²) >= 11 is 2.71. The molecule has 0 aliphatic rings. The Kier molecular flexibility index (Phi) is 4.84. The van der Waals surface area contributed by atoms with Gasteiger partial charge in [-0.05, 0) is 30.2 Å². The van der Waals surface area contributed by atoms with Crippen LogP contribution in [0.5, 0.6) is 0 Å². The second kappa shape index (κ2) is 4.49. The van der Waals surface area contributed by atoms with Crippen LogP contribution in [0.3, 0.4) is 0 Å². The summed E-state index contributed by atoms with van der Waals surface area (Å²) in [4.78, 5) is 0. The van der Waals surface area contributed by atoms with Crippen molar-refractivity contribution in [2.45, 2.75) is 19.1 Å². The van der Waals surface area contributed by atoms with E-state index < -0.39 is 0 Å². The van der Waals surface area contributed by atoms with Crippen molar-refractivity contribution in [3.63, 3.8) is 0 Å². The minimum absolute atomic E-state index is 0.451. The lowest BCUT2D eigenvalue weighted by Crippen LogP contribution is -2.02. The minimum atomic E-state index is 0.451. The monoisotopic (exact) mass is 153 g/mol. The van der Waals surface area contributed by atoms with Gasteiger partial charge in [0.2, 0.25) is 0 Å². The molecule has 0 saturated heterocycles. The molecule has 0 amide bonds. The van der Waals surface area contributed by atoms with Crippen molar-refractivity contribution in [3.05, 3.63) is 0 Å². The maximum absolute atomic E-state index is 8.79. The van der Waals surface area contributed by atoms with Crippen LogP contribution < -0.4 is 0 Å². The van der Waals surface area contributed by atoms with Gasteiger partial charge >= 0.3 is 0 Å². The molecule has 0 rings (SSSR count). The van der Waals surface area contributed by atoms with Crippen molar-refractivity contribution in [1.29, 1.82) is 0 Å². The van der Waals surface area contributed by atoms with Crippen molar-refractivity contribution >= 4 is 23.9 Å². The predicted octanol–water partition coefficient (Wildman–Crippen LogP) is 2.01. The summed E-state index contributed by atoms with van der Waals surface area (Å²) in [6.45, 7) is 4.06. The quantitative estimate of drug-likeness (QED) is 0.495. The van der Waals surface area contributed by atoms with Crippen molar-refractivity contribution in [2.24, 2.45) is 0 Å². The van der Waals surface area contributed by atoms with E-state index in [9.17, 15) is 0 Å². The summed E-state index contributed by atoms with van der Waals surface area (Å²) < 4.78 is 1.16. The summed E-state index contributed by atoms with van der Waals surface area (Å²) in [5, 5.41) is 9.24. The van der Waals surface area contributed by atoms with Gasteiger partial charge in [0.15, 0.2) is 0 Å². The van der Waals surface area contributed by atoms with Crippen LogP contribution >= 0.6 is 23.9 Å². The molecule has 50 valence electrons. The van der Waals surface area contributed by atoms with Gasteiger partial charge in [-0.3, -0.25) is 5.21 Å². The predicted molar refractivity (Wildman–Crippen MR) is 39.9 cm³/mol. The lowest BCUT2D eigenvalue weighted by molar-refractivity contribution is 0.124. The molecule has 0 bridgehead atoms. The van der Waals surface area contributed by atoms with Gasteiger partial charge in [-0.25, -0.2) is 0 Å². The molecule has 0 aromatic carbocycles. The second-order valence-electron chi connectivity index (χ2n) is 1.57. The van der Waals surface area contributed by atoms with Gasteiger partial charge < -0.3 is 0 Å².